The number of hydrogen-bond donors (Lipinski definition) is 3. The fourth-order valence-corrected chi connectivity index (χ4v) is 6.11. The minimum Gasteiger partial charge on any atom is -0.489 e. The molecule has 1 aliphatic rings. The highest BCUT2D eigenvalue weighted by Gasteiger charge is 2.34. The van der Waals surface area contributed by atoms with E-state index >= 15 is 0 Å². The molecule has 3 N–H and O–H groups in total. The molecule has 0 saturated heterocycles. The van der Waals surface area contributed by atoms with Crippen LogP contribution in [0.4, 0.5) is 18.9 Å². The SMILES string of the molecule is CC(=O)c1ccc(NS(=O)(=O)c2ccc(-c3ccc4c(c3)CC[C@H](CNC[C@H](O)c3cccnc3)O4)cc2OC(F)(F)F)cc1. The summed E-state index contributed by atoms with van der Waals surface area (Å²) in [6.45, 7) is 2.18. The van der Waals surface area contributed by atoms with Crippen LogP contribution in [0.1, 0.15) is 40.9 Å². The molecule has 0 fully saturated rings. The number of ether oxygens (including phenoxy) is 2. The van der Waals surface area contributed by atoms with Gasteiger partial charge < -0.3 is 19.9 Å². The molecule has 45 heavy (non-hydrogen) atoms. The molecule has 0 unspecified atom stereocenters. The lowest BCUT2D eigenvalue weighted by atomic mass is 9.97. The molecule has 1 aromatic heterocycles. The second kappa shape index (κ2) is 13.3. The largest absolute Gasteiger partial charge is 0.573 e. The van der Waals surface area contributed by atoms with E-state index in [9.17, 15) is 31.5 Å². The van der Waals surface area contributed by atoms with Crippen LogP contribution < -0.4 is 19.5 Å². The zero-order valence-electron chi connectivity index (χ0n) is 24.0. The van der Waals surface area contributed by atoms with Crippen LogP contribution in [0, 0.1) is 0 Å². The Kier molecular flexibility index (Phi) is 9.42. The Balaban J connectivity index is 1.30. The molecule has 236 valence electrons. The fourth-order valence-electron chi connectivity index (χ4n) is 4.94. The minimum atomic E-state index is -5.15. The Morgan fingerprint density at radius 1 is 1.09 bits per heavy atom. The van der Waals surface area contributed by atoms with Crippen molar-refractivity contribution in [1.29, 1.82) is 0 Å². The van der Waals surface area contributed by atoms with Crippen LogP contribution in [0.15, 0.2) is 90.1 Å². The van der Waals surface area contributed by atoms with E-state index in [0.717, 1.165) is 17.7 Å². The molecule has 0 saturated carbocycles. The van der Waals surface area contributed by atoms with Gasteiger partial charge in [0.1, 0.15) is 16.7 Å². The number of halogens is 3. The number of benzene rings is 3. The number of Topliss-reactive ketones (excluding diaryl/α,β-unsaturated/α-hetero) is 1. The van der Waals surface area contributed by atoms with Crippen molar-refractivity contribution in [2.24, 2.45) is 0 Å². The van der Waals surface area contributed by atoms with E-state index in [-0.39, 0.29) is 17.6 Å². The van der Waals surface area contributed by atoms with E-state index in [1.165, 1.54) is 37.3 Å². The van der Waals surface area contributed by atoms with Crippen molar-refractivity contribution in [1.82, 2.24) is 10.3 Å². The number of pyridine rings is 1. The molecule has 0 amide bonds. The average Bonchev–Trinajstić information content (AvgIpc) is 3.00. The van der Waals surface area contributed by atoms with E-state index in [0.29, 0.717) is 53.9 Å². The molecule has 4 aromatic rings. The topological polar surface area (TPSA) is 127 Å². The number of ketones is 1. The smallest absolute Gasteiger partial charge is 0.489 e. The van der Waals surface area contributed by atoms with Gasteiger partial charge in [0, 0.05) is 42.3 Å². The Morgan fingerprint density at radius 2 is 1.82 bits per heavy atom. The van der Waals surface area contributed by atoms with Crippen molar-refractivity contribution in [3.05, 3.63) is 102 Å². The molecule has 0 spiro atoms. The standard InChI is InChI=1S/C32H30F3N3O6S/c1-20(39)21-4-9-26(10-5-21)38-45(41,42)31-13-8-23(16-30(31)44-32(33,34)35)22-7-12-29-24(15-22)6-11-27(43-29)18-37-19-28(40)25-3-2-14-36-17-25/h2-5,7-10,12-17,27-28,37-38,40H,6,11,18-19H2,1H3/t27-,28+/m1/s1. The first-order chi connectivity index (χ1) is 21.4. The number of sulfonamides is 1. The normalized spacial score (nSPS) is 15.4. The van der Waals surface area contributed by atoms with Crippen LogP contribution in [0.25, 0.3) is 11.1 Å². The van der Waals surface area contributed by atoms with Gasteiger partial charge >= 0.3 is 6.36 Å². The van der Waals surface area contributed by atoms with E-state index in [1.807, 2.05) is 0 Å². The number of nitrogens with one attached hydrogen (secondary N) is 2. The maximum absolute atomic E-state index is 13.4. The number of nitrogens with zero attached hydrogens (tertiary/aromatic N) is 1. The monoisotopic (exact) mass is 641 g/mol. The first-order valence-corrected chi connectivity index (χ1v) is 15.5. The Labute approximate surface area is 258 Å². The Hall–Kier alpha value is -4.46. The third-order valence-corrected chi connectivity index (χ3v) is 8.63. The molecule has 1 aliphatic heterocycles. The predicted molar refractivity (Wildman–Crippen MR) is 161 cm³/mol. The average molecular weight is 642 g/mol. The molecular weight excluding hydrogens is 611 g/mol. The second-order valence-electron chi connectivity index (χ2n) is 10.5. The van der Waals surface area contributed by atoms with Crippen LogP contribution >= 0.6 is 0 Å². The van der Waals surface area contributed by atoms with Crippen molar-refractivity contribution >= 4 is 21.5 Å². The van der Waals surface area contributed by atoms with Crippen LogP contribution in [0.2, 0.25) is 0 Å². The third kappa shape index (κ3) is 8.18. The minimum absolute atomic E-state index is 0.0647. The number of aliphatic hydroxyl groups is 1. The van der Waals surface area contributed by atoms with E-state index in [1.54, 1.807) is 42.7 Å². The number of aryl methyl sites for hydroxylation is 1. The highest BCUT2D eigenvalue weighted by molar-refractivity contribution is 7.92. The van der Waals surface area contributed by atoms with E-state index in [2.05, 4.69) is 19.8 Å². The van der Waals surface area contributed by atoms with Crippen molar-refractivity contribution < 1.29 is 41.0 Å². The van der Waals surface area contributed by atoms with Gasteiger partial charge in [0.05, 0.1) is 6.10 Å². The lowest BCUT2D eigenvalue weighted by Crippen LogP contribution is -2.36. The zero-order valence-corrected chi connectivity index (χ0v) is 24.9. The number of carbonyl (C=O) groups excluding carboxylic acids is 1. The van der Waals surface area contributed by atoms with Gasteiger partial charge in [0.15, 0.2) is 11.5 Å². The maximum atomic E-state index is 13.4. The molecule has 13 heteroatoms. The Morgan fingerprint density at radius 3 is 2.51 bits per heavy atom. The van der Waals surface area contributed by atoms with Crippen LogP contribution in [0.5, 0.6) is 11.5 Å². The summed E-state index contributed by atoms with van der Waals surface area (Å²) in [7, 11) is -4.50. The first kappa shape index (κ1) is 31.9. The summed E-state index contributed by atoms with van der Waals surface area (Å²) in [5.74, 6) is -0.475. The van der Waals surface area contributed by atoms with Crippen LogP contribution in [-0.4, -0.2) is 49.8 Å². The van der Waals surface area contributed by atoms with Gasteiger partial charge in [-0.25, -0.2) is 8.42 Å². The lowest BCUT2D eigenvalue weighted by molar-refractivity contribution is -0.275. The molecule has 3 aromatic carbocycles. The number of alkyl halides is 3. The number of anilines is 1. The summed E-state index contributed by atoms with van der Waals surface area (Å²) >= 11 is 0. The van der Waals surface area contributed by atoms with Crippen LogP contribution in [-0.2, 0) is 16.4 Å². The van der Waals surface area contributed by atoms with Crippen molar-refractivity contribution in [2.45, 2.75) is 43.2 Å². The zero-order chi connectivity index (χ0) is 32.2. The van der Waals surface area contributed by atoms with E-state index < -0.39 is 33.1 Å². The molecule has 9 nitrogen and oxygen atoms in total. The highest BCUT2D eigenvalue weighted by atomic mass is 32.2. The number of aromatic nitrogens is 1. The van der Waals surface area contributed by atoms with E-state index in [4.69, 9.17) is 4.74 Å². The predicted octanol–water partition coefficient (Wildman–Crippen LogP) is 5.67. The number of carbonyl (C=O) groups is 1. The number of hydrogen-bond acceptors (Lipinski definition) is 8. The van der Waals surface area contributed by atoms with Gasteiger partial charge in [0.2, 0.25) is 0 Å². The number of rotatable bonds is 11. The number of aliphatic hydroxyl groups excluding tert-OH is 1. The van der Waals surface area contributed by atoms with Gasteiger partial charge in [0.25, 0.3) is 10.0 Å². The van der Waals surface area contributed by atoms with Gasteiger partial charge in [-0.05, 0) is 91.1 Å². The highest BCUT2D eigenvalue weighted by Crippen LogP contribution is 2.37. The molecular formula is C32H30F3N3O6S. The first-order valence-electron chi connectivity index (χ1n) is 14.0. The van der Waals surface area contributed by atoms with Gasteiger partial charge in [-0.1, -0.05) is 18.2 Å². The maximum Gasteiger partial charge on any atom is 0.573 e. The fraction of sp³-hybridized carbons (Fsp3) is 0.250. The van der Waals surface area contributed by atoms with Gasteiger partial charge in [-0.2, -0.15) is 0 Å². The second-order valence-corrected chi connectivity index (χ2v) is 12.2. The van der Waals surface area contributed by atoms with Crippen molar-refractivity contribution in [3.63, 3.8) is 0 Å². The summed E-state index contributed by atoms with van der Waals surface area (Å²) in [5, 5.41) is 13.5. The summed E-state index contributed by atoms with van der Waals surface area (Å²) < 4.78 is 78.8. The molecule has 2 heterocycles. The summed E-state index contributed by atoms with van der Waals surface area (Å²) in [6, 6.07) is 17.7. The molecule has 0 aliphatic carbocycles. The summed E-state index contributed by atoms with van der Waals surface area (Å²) in [6.07, 6.45) is -1.44. The summed E-state index contributed by atoms with van der Waals surface area (Å²) in [5.41, 5.74) is 2.84. The van der Waals surface area contributed by atoms with Crippen LogP contribution in [0.3, 0.4) is 0 Å². The molecule has 2 atom stereocenters. The summed E-state index contributed by atoms with van der Waals surface area (Å²) in [4.78, 5) is 14.8. The van der Waals surface area contributed by atoms with Gasteiger partial charge in [-0.3, -0.25) is 14.5 Å². The Bertz CT molecular complexity index is 1770. The van der Waals surface area contributed by atoms with Gasteiger partial charge in [-0.15, -0.1) is 13.2 Å². The third-order valence-electron chi connectivity index (χ3n) is 7.20. The van der Waals surface area contributed by atoms with Crippen molar-refractivity contribution in [3.8, 4) is 22.6 Å². The van der Waals surface area contributed by atoms with Crippen molar-refractivity contribution in [2.75, 3.05) is 17.8 Å². The quantitative estimate of drug-likeness (QED) is 0.179. The molecule has 5 rings (SSSR count). The lowest BCUT2D eigenvalue weighted by Gasteiger charge is -2.27. The number of fused-ring (bicyclic) bond motifs is 1. The molecule has 0 bridgehead atoms. The molecule has 0 radical (unpaired) electrons.